The number of guanidine groups is 1. The van der Waals surface area contributed by atoms with Crippen LogP contribution >= 0.6 is 0 Å². The van der Waals surface area contributed by atoms with Crippen LogP contribution in [0.3, 0.4) is 0 Å². The van der Waals surface area contributed by atoms with Crippen molar-refractivity contribution in [2.75, 3.05) is 34.8 Å². The second-order valence-corrected chi connectivity index (χ2v) is 7.70. The molecule has 2 aromatic rings. The number of rotatable bonds is 8. The average Bonchev–Trinajstić information content (AvgIpc) is 2.93. The maximum atomic E-state index is 5.56. The highest BCUT2D eigenvalue weighted by molar-refractivity contribution is 5.80. The van der Waals surface area contributed by atoms with E-state index in [2.05, 4.69) is 66.6 Å². The topological polar surface area (TPSA) is 66.7 Å². The van der Waals surface area contributed by atoms with Crippen LogP contribution in [0, 0.1) is 13.8 Å². The SMILES string of the molecule is CN=C(NCC(c1ccccc1OC)N(C)C)NC(C)Cc1c(C)nn(C)c1C. The summed E-state index contributed by atoms with van der Waals surface area (Å²) in [6.07, 6.45) is 0.899. The lowest BCUT2D eigenvalue weighted by Crippen LogP contribution is -2.45. The second kappa shape index (κ2) is 10.3. The number of methoxy groups -OCH3 is 1. The molecule has 0 aliphatic heterocycles. The zero-order chi connectivity index (χ0) is 21.6. The van der Waals surface area contributed by atoms with Gasteiger partial charge < -0.3 is 20.3 Å². The van der Waals surface area contributed by atoms with Gasteiger partial charge in [-0.1, -0.05) is 18.2 Å². The number of likely N-dealkylation sites (N-methyl/N-ethyl adjacent to an activating group) is 1. The van der Waals surface area contributed by atoms with Crippen LogP contribution in [0.4, 0.5) is 0 Å². The molecule has 0 spiro atoms. The molecule has 0 aliphatic rings. The summed E-state index contributed by atoms with van der Waals surface area (Å²) < 4.78 is 7.50. The van der Waals surface area contributed by atoms with Crippen molar-refractivity contribution in [1.82, 2.24) is 25.3 Å². The molecule has 1 aromatic carbocycles. The van der Waals surface area contributed by atoms with Gasteiger partial charge in [0.15, 0.2) is 5.96 Å². The molecule has 2 rings (SSSR count). The molecular formula is C22H36N6O. The molecule has 2 N–H and O–H groups in total. The summed E-state index contributed by atoms with van der Waals surface area (Å²) >= 11 is 0. The molecule has 29 heavy (non-hydrogen) atoms. The third-order valence-electron chi connectivity index (χ3n) is 5.36. The minimum Gasteiger partial charge on any atom is -0.496 e. The number of aromatic nitrogens is 2. The second-order valence-electron chi connectivity index (χ2n) is 7.70. The monoisotopic (exact) mass is 400 g/mol. The summed E-state index contributed by atoms with van der Waals surface area (Å²) in [6, 6.07) is 8.53. The molecule has 2 atom stereocenters. The molecular weight excluding hydrogens is 364 g/mol. The molecule has 7 nitrogen and oxygen atoms in total. The van der Waals surface area contributed by atoms with E-state index < -0.39 is 0 Å². The van der Waals surface area contributed by atoms with E-state index in [0.29, 0.717) is 6.54 Å². The van der Waals surface area contributed by atoms with Crippen molar-refractivity contribution < 1.29 is 4.74 Å². The number of hydrogen-bond acceptors (Lipinski definition) is 4. The standard InChI is InChI=1S/C22H36N6O/c1-15(13-19-16(2)26-28(7)17(19)3)25-22(23-4)24-14-20(27(5)6)18-11-9-10-12-21(18)29-8/h9-12,15,20H,13-14H2,1-8H3,(H2,23,24,25). The molecule has 1 aromatic heterocycles. The Kier molecular flexibility index (Phi) is 8.08. The van der Waals surface area contributed by atoms with Crippen molar-refractivity contribution in [2.45, 2.75) is 39.3 Å². The van der Waals surface area contributed by atoms with Crippen LogP contribution in [0.15, 0.2) is 29.3 Å². The van der Waals surface area contributed by atoms with Crippen LogP contribution in [0.25, 0.3) is 0 Å². The van der Waals surface area contributed by atoms with Gasteiger partial charge >= 0.3 is 0 Å². The molecule has 0 radical (unpaired) electrons. The zero-order valence-electron chi connectivity index (χ0n) is 19.1. The summed E-state index contributed by atoms with van der Waals surface area (Å²) in [5.74, 6) is 1.69. The smallest absolute Gasteiger partial charge is 0.191 e. The first-order valence-electron chi connectivity index (χ1n) is 10.0. The fraction of sp³-hybridized carbons (Fsp3) is 0.545. The summed E-state index contributed by atoms with van der Waals surface area (Å²) in [5, 5.41) is 11.5. The highest BCUT2D eigenvalue weighted by atomic mass is 16.5. The minimum atomic E-state index is 0.155. The molecule has 160 valence electrons. The number of aryl methyl sites for hydroxylation is 2. The van der Waals surface area contributed by atoms with Crippen molar-refractivity contribution in [3.63, 3.8) is 0 Å². The number of para-hydroxylation sites is 1. The Labute approximate surface area is 175 Å². The fourth-order valence-electron chi connectivity index (χ4n) is 3.60. The average molecular weight is 401 g/mol. The molecule has 1 heterocycles. The first kappa shape index (κ1) is 22.7. The number of nitrogens with zero attached hydrogens (tertiary/aromatic N) is 4. The Morgan fingerprint density at radius 3 is 2.52 bits per heavy atom. The maximum absolute atomic E-state index is 5.56. The normalized spacial score (nSPS) is 14.0. The van der Waals surface area contributed by atoms with Crippen LogP contribution in [-0.2, 0) is 13.5 Å². The van der Waals surface area contributed by atoms with Gasteiger partial charge in [0.2, 0.25) is 0 Å². The quantitative estimate of drug-likeness (QED) is 0.526. The number of hydrogen-bond donors (Lipinski definition) is 2. The predicted molar refractivity (Wildman–Crippen MR) is 120 cm³/mol. The summed E-state index contributed by atoms with van der Waals surface area (Å²) in [5.41, 5.74) is 4.74. The van der Waals surface area contributed by atoms with Gasteiger partial charge in [-0.05, 0) is 52.9 Å². The number of benzene rings is 1. The minimum absolute atomic E-state index is 0.155. The Hall–Kier alpha value is -2.54. The number of nitrogens with one attached hydrogen (secondary N) is 2. The first-order chi connectivity index (χ1) is 13.8. The van der Waals surface area contributed by atoms with Gasteiger partial charge in [-0.15, -0.1) is 0 Å². The fourth-order valence-corrected chi connectivity index (χ4v) is 3.60. The van der Waals surface area contributed by atoms with E-state index in [1.54, 1.807) is 14.2 Å². The van der Waals surface area contributed by atoms with Gasteiger partial charge in [0, 0.05) is 37.9 Å². The van der Waals surface area contributed by atoms with Crippen molar-refractivity contribution in [2.24, 2.45) is 12.0 Å². The highest BCUT2D eigenvalue weighted by Crippen LogP contribution is 2.27. The van der Waals surface area contributed by atoms with E-state index in [9.17, 15) is 0 Å². The third-order valence-corrected chi connectivity index (χ3v) is 5.36. The Bertz CT molecular complexity index is 827. The van der Waals surface area contributed by atoms with Crippen LogP contribution in [-0.4, -0.2) is 61.5 Å². The molecule has 0 saturated carbocycles. The van der Waals surface area contributed by atoms with E-state index >= 15 is 0 Å². The van der Waals surface area contributed by atoms with Crippen molar-refractivity contribution in [1.29, 1.82) is 0 Å². The van der Waals surface area contributed by atoms with Crippen molar-refractivity contribution in [3.8, 4) is 5.75 Å². The van der Waals surface area contributed by atoms with Gasteiger partial charge in [-0.2, -0.15) is 5.10 Å². The third kappa shape index (κ3) is 5.73. The summed E-state index contributed by atoms with van der Waals surface area (Å²) in [4.78, 5) is 6.60. The largest absolute Gasteiger partial charge is 0.496 e. The molecule has 0 saturated heterocycles. The van der Waals surface area contributed by atoms with Crippen molar-refractivity contribution in [3.05, 3.63) is 46.8 Å². The molecule has 0 amide bonds. The van der Waals surface area contributed by atoms with Gasteiger partial charge in [-0.3, -0.25) is 9.67 Å². The lowest BCUT2D eigenvalue weighted by atomic mass is 10.0. The maximum Gasteiger partial charge on any atom is 0.191 e. The van der Waals surface area contributed by atoms with Crippen LogP contribution < -0.4 is 15.4 Å². The van der Waals surface area contributed by atoms with Crippen LogP contribution in [0.5, 0.6) is 5.75 Å². The summed E-state index contributed by atoms with van der Waals surface area (Å²) in [6.45, 7) is 7.06. The van der Waals surface area contributed by atoms with Crippen molar-refractivity contribution >= 4 is 5.96 Å². The molecule has 0 fully saturated rings. The summed E-state index contributed by atoms with van der Waals surface area (Å²) in [7, 11) is 9.65. The molecule has 7 heteroatoms. The van der Waals surface area contributed by atoms with Gasteiger partial charge in [0.1, 0.15) is 5.75 Å². The highest BCUT2D eigenvalue weighted by Gasteiger charge is 2.19. The Balaban J connectivity index is 2.03. The molecule has 0 bridgehead atoms. The van der Waals surface area contributed by atoms with Gasteiger partial charge in [0.25, 0.3) is 0 Å². The van der Waals surface area contributed by atoms with E-state index in [0.717, 1.165) is 29.4 Å². The van der Waals surface area contributed by atoms with E-state index in [4.69, 9.17) is 4.74 Å². The van der Waals surface area contributed by atoms with E-state index in [1.165, 1.54) is 11.3 Å². The van der Waals surface area contributed by atoms with Gasteiger partial charge in [0.05, 0.1) is 18.8 Å². The number of aliphatic imine (C=N–C) groups is 1. The molecule has 0 aliphatic carbocycles. The number of ether oxygens (including phenoxy) is 1. The predicted octanol–water partition coefficient (Wildman–Crippen LogP) is 2.44. The Morgan fingerprint density at radius 1 is 1.28 bits per heavy atom. The van der Waals surface area contributed by atoms with Gasteiger partial charge in [-0.25, -0.2) is 0 Å². The van der Waals surface area contributed by atoms with E-state index in [-0.39, 0.29) is 12.1 Å². The van der Waals surface area contributed by atoms with Crippen LogP contribution in [0.2, 0.25) is 0 Å². The lowest BCUT2D eigenvalue weighted by Gasteiger charge is -2.28. The zero-order valence-corrected chi connectivity index (χ0v) is 19.1. The van der Waals surface area contributed by atoms with E-state index in [1.807, 2.05) is 29.9 Å². The van der Waals surface area contributed by atoms with Crippen LogP contribution in [0.1, 0.15) is 35.5 Å². The lowest BCUT2D eigenvalue weighted by molar-refractivity contribution is 0.287. The molecule has 2 unspecified atom stereocenters. The first-order valence-corrected chi connectivity index (χ1v) is 10.0. The Morgan fingerprint density at radius 2 is 1.97 bits per heavy atom.